The second-order valence-electron chi connectivity index (χ2n) is 5.72. The number of ether oxygens (including phenoxy) is 2. The van der Waals surface area contributed by atoms with Crippen molar-refractivity contribution in [2.45, 2.75) is 6.10 Å². The second kappa shape index (κ2) is 5.97. The number of fused-ring (bicyclic) bond motifs is 2. The third kappa shape index (κ3) is 2.61. The summed E-state index contributed by atoms with van der Waals surface area (Å²) in [6.07, 6.45) is -0.642. The van der Waals surface area contributed by atoms with Gasteiger partial charge in [0.25, 0.3) is 5.91 Å². The van der Waals surface area contributed by atoms with E-state index < -0.39 is 6.10 Å². The van der Waals surface area contributed by atoms with Crippen LogP contribution < -0.4 is 19.7 Å². The van der Waals surface area contributed by atoms with Gasteiger partial charge in [0.2, 0.25) is 0 Å². The quantitative estimate of drug-likeness (QED) is 0.780. The Morgan fingerprint density at radius 1 is 1.24 bits per heavy atom. The predicted octanol–water partition coefficient (Wildman–Crippen LogP) is 2.07. The van der Waals surface area contributed by atoms with Crippen molar-refractivity contribution in [1.82, 2.24) is 10.3 Å². The van der Waals surface area contributed by atoms with Crippen molar-refractivity contribution in [1.29, 1.82) is 0 Å². The molecule has 0 bridgehead atoms. The van der Waals surface area contributed by atoms with Gasteiger partial charge in [0.1, 0.15) is 5.75 Å². The topological polar surface area (TPSA) is 89.7 Å². The fraction of sp³-hybridized carbons (Fsp3) is 0.235. The van der Waals surface area contributed by atoms with E-state index in [2.05, 4.69) is 15.6 Å². The lowest BCUT2D eigenvalue weighted by Crippen LogP contribution is -2.45. The maximum absolute atomic E-state index is 12.7. The summed E-state index contributed by atoms with van der Waals surface area (Å²) in [7, 11) is 3.46. The number of hydrogen-bond acceptors (Lipinski definition) is 7. The fourth-order valence-corrected chi connectivity index (χ4v) is 2.87. The number of anilines is 2. The fourth-order valence-electron chi connectivity index (χ4n) is 2.87. The van der Waals surface area contributed by atoms with Crippen LogP contribution in [-0.4, -0.2) is 43.0 Å². The van der Waals surface area contributed by atoms with Gasteiger partial charge in [-0.15, -0.1) is 0 Å². The van der Waals surface area contributed by atoms with Crippen LogP contribution in [0.25, 0.3) is 11.0 Å². The molecule has 3 aromatic rings. The van der Waals surface area contributed by atoms with E-state index >= 15 is 0 Å². The normalized spacial score (nSPS) is 16.2. The molecule has 8 nitrogen and oxygen atoms in total. The SMILES string of the molecule is COc1ccc(NC(=O)C2CN(C)c3ccccc3O2)c2nonc12. The molecule has 0 saturated carbocycles. The van der Waals surface area contributed by atoms with Crippen LogP contribution in [0.1, 0.15) is 0 Å². The van der Waals surface area contributed by atoms with Gasteiger partial charge in [-0.3, -0.25) is 4.79 Å². The molecule has 25 heavy (non-hydrogen) atoms. The van der Waals surface area contributed by atoms with Gasteiger partial charge < -0.3 is 19.7 Å². The number of hydrogen-bond donors (Lipinski definition) is 1. The third-order valence-corrected chi connectivity index (χ3v) is 4.13. The standard InChI is InChI=1S/C17H16N4O4/c1-21-9-14(24-12-6-4-3-5-11(12)21)17(22)18-10-7-8-13(23-2)16-15(10)19-25-20-16/h3-8,14H,9H2,1-2H3,(H,18,22). The van der Waals surface area contributed by atoms with Crippen molar-refractivity contribution >= 4 is 28.3 Å². The average Bonchev–Trinajstić information content (AvgIpc) is 3.12. The number of para-hydroxylation sites is 2. The Bertz CT molecular complexity index is 939. The van der Waals surface area contributed by atoms with E-state index in [-0.39, 0.29) is 5.91 Å². The number of benzene rings is 2. The summed E-state index contributed by atoms with van der Waals surface area (Å²) in [6.45, 7) is 0.444. The van der Waals surface area contributed by atoms with Crippen LogP contribution in [0.2, 0.25) is 0 Å². The molecular weight excluding hydrogens is 324 g/mol. The Morgan fingerprint density at radius 2 is 2.04 bits per heavy atom. The molecule has 1 N–H and O–H groups in total. The van der Waals surface area contributed by atoms with Crippen molar-refractivity contribution in [2.24, 2.45) is 0 Å². The Balaban J connectivity index is 1.58. The molecule has 4 rings (SSSR count). The molecule has 2 aromatic carbocycles. The highest BCUT2D eigenvalue weighted by molar-refractivity contribution is 6.02. The molecule has 1 aliphatic heterocycles. The summed E-state index contributed by atoms with van der Waals surface area (Å²) in [5.41, 5.74) is 2.33. The molecule has 0 radical (unpaired) electrons. The molecular formula is C17H16N4O4. The van der Waals surface area contributed by atoms with Gasteiger partial charge >= 0.3 is 0 Å². The van der Waals surface area contributed by atoms with Crippen molar-refractivity contribution in [2.75, 3.05) is 30.9 Å². The summed E-state index contributed by atoms with van der Waals surface area (Å²) < 4.78 is 15.8. The molecule has 1 aromatic heterocycles. The monoisotopic (exact) mass is 340 g/mol. The minimum Gasteiger partial charge on any atom is -0.494 e. The summed E-state index contributed by atoms with van der Waals surface area (Å²) in [5.74, 6) is 0.937. The van der Waals surface area contributed by atoms with Crippen LogP contribution in [0.5, 0.6) is 11.5 Å². The second-order valence-corrected chi connectivity index (χ2v) is 5.72. The van der Waals surface area contributed by atoms with E-state index in [1.54, 1.807) is 12.1 Å². The first-order valence-corrected chi connectivity index (χ1v) is 7.74. The Kier molecular flexibility index (Phi) is 3.64. The zero-order valence-electron chi connectivity index (χ0n) is 13.7. The van der Waals surface area contributed by atoms with Crippen LogP contribution in [0.3, 0.4) is 0 Å². The highest BCUT2D eigenvalue weighted by Gasteiger charge is 2.29. The Hall–Kier alpha value is -3.29. The van der Waals surface area contributed by atoms with Gasteiger partial charge in [-0.1, -0.05) is 12.1 Å². The van der Waals surface area contributed by atoms with Crippen LogP contribution in [0.15, 0.2) is 41.0 Å². The lowest BCUT2D eigenvalue weighted by atomic mass is 10.2. The Morgan fingerprint density at radius 3 is 2.88 bits per heavy atom. The van der Waals surface area contributed by atoms with Crippen molar-refractivity contribution < 1.29 is 18.9 Å². The van der Waals surface area contributed by atoms with Gasteiger partial charge in [0.05, 0.1) is 25.0 Å². The summed E-state index contributed by atoms with van der Waals surface area (Å²) in [5, 5.41) is 10.5. The maximum Gasteiger partial charge on any atom is 0.267 e. The molecule has 8 heteroatoms. The molecule has 128 valence electrons. The molecule has 0 saturated heterocycles. The first-order chi connectivity index (χ1) is 12.2. The molecule has 0 aliphatic carbocycles. The number of nitrogens with one attached hydrogen (secondary N) is 1. The smallest absolute Gasteiger partial charge is 0.267 e. The number of amides is 1. The first-order valence-electron chi connectivity index (χ1n) is 7.74. The Labute approximate surface area is 143 Å². The van der Waals surface area contributed by atoms with Crippen LogP contribution in [-0.2, 0) is 4.79 Å². The van der Waals surface area contributed by atoms with Crippen LogP contribution in [0, 0.1) is 0 Å². The number of likely N-dealkylation sites (N-methyl/N-ethyl adjacent to an activating group) is 1. The van der Waals surface area contributed by atoms with E-state index in [0.717, 1.165) is 5.69 Å². The summed E-state index contributed by atoms with van der Waals surface area (Å²) in [6, 6.07) is 11.0. The maximum atomic E-state index is 12.7. The third-order valence-electron chi connectivity index (χ3n) is 4.13. The van der Waals surface area contributed by atoms with Crippen LogP contribution >= 0.6 is 0 Å². The van der Waals surface area contributed by atoms with Gasteiger partial charge in [0.15, 0.2) is 22.9 Å². The number of methoxy groups -OCH3 is 1. The van der Waals surface area contributed by atoms with Gasteiger partial charge in [-0.05, 0) is 34.6 Å². The van der Waals surface area contributed by atoms with Gasteiger partial charge in [0, 0.05) is 7.05 Å². The van der Waals surface area contributed by atoms with E-state index in [0.29, 0.717) is 34.8 Å². The van der Waals surface area contributed by atoms with Crippen molar-refractivity contribution in [3.05, 3.63) is 36.4 Å². The van der Waals surface area contributed by atoms with E-state index in [1.807, 2.05) is 36.2 Å². The average molecular weight is 340 g/mol. The number of aromatic nitrogens is 2. The number of rotatable bonds is 3. The minimum atomic E-state index is -0.642. The summed E-state index contributed by atoms with van der Waals surface area (Å²) in [4.78, 5) is 14.7. The molecule has 1 unspecified atom stereocenters. The van der Waals surface area contributed by atoms with Crippen molar-refractivity contribution in [3.8, 4) is 11.5 Å². The minimum absolute atomic E-state index is 0.268. The highest BCUT2D eigenvalue weighted by atomic mass is 16.6. The number of nitrogens with zero attached hydrogens (tertiary/aromatic N) is 3. The molecule has 0 spiro atoms. The summed E-state index contributed by atoms with van der Waals surface area (Å²) >= 11 is 0. The van der Waals surface area contributed by atoms with E-state index in [4.69, 9.17) is 14.1 Å². The van der Waals surface area contributed by atoms with Crippen molar-refractivity contribution in [3.63, 3.8) is 0 Å². The number of carbonyl (C=O) groups excluding carboxylic acids is 1. The molecule has 2 heterocycles. The van der Waals surface area contributed by atoms with Crippen LogP contribution in [0.4, 0.5) is 11.4 Å². The van der Waals surface area contributed by atoms with E-state index in [1.165, 1.54) is 7.11 Å². The molecule has 1 amide bonds. The lowest BCUT2D eigenvalue weighted by Gasteiger charge is -2.32. The lowest BCUT2D eigenvalue weighted by molar-refractivity contribution is -0.122. The molecule has 1 aliphatic rings. The highest BCUT2D eigenvalue weighted by Crippen LogP contribution is 2.33. The first kappa shape index (κ1) is 15.3. The predicted molar refractivity (Wildman–Crippen MR) is 91.1 cm³/mol. The van der Waals surface area contributed by atoms with E-state index in [9.17, 15) is 4.79 Å². The largest absolute Gasteiger partial charge is 0.494 e. The molecule has 0 fully saturated rings. The molecule has 1 atom stereocenters. The van der Waals surface area contributed by atoms with Gasteiger partial charge in [-0.2, -0.15) is 0 Å². The number of carbonyl (C=O) groups is 1. The van der Waals surface area contributed by atoms with Gasteiger partial charge in [-0.25, -0.2) is 4.63 Å². The zero-order valence-corrected chi connectivity index (χ0v) is 13.7. The zero-order chi connectivity index (χ0) is 17.4.